The predicted octanol–water partition coefficient (Wildman–Crippen LogP) is 0.670. The Morgan fingerprint density at radius 1 is 1.69 bits per heavy atom. The van der Waals surface area contributed by atoms with Crippen LogP contribution in [0.15, 0.2) is 6.20 Å². The molecule has 0 amide bonds. The highest BCUT2D eigenvalue weighted by Gasteiger charge is 2.15. The Morgan fingerprint density at radius 3 is 2.94 bits per heavy atom. The van der Waals surface area contributed by atoms with Crippen LogP contribution < -0.4 is 0 Å². The number of aryl methyl sites for hydroxylation is 1. The summed E-state index contributed by atoms with van der Waals surface area (Å²) in [5, 5.41) is 12.8. The van der Waals surface area contributed by atoms with Crippen molar-refractivity contribution in [2.75, 3.05) is 13.7 Å². The number of carboxylic acids is 1. The monoisotopic (exact) mass is 228 g/mol. The number of nitrogens with zero attached hydrogens (tertiary/aromatic N) is 2. The number of carbonyl (C=O) groups is 1. The average molecular weight is 228 g/mol. The fraction of sp³-hybridized carbons (Fsp3) is 0.600. The van der Waals surface area contributed by atoms with E-state index in [1.165, 1.54) is 10.9 Å². The average Bonchev–Trinajstić information content (AvgIpc) is 2.57. The van der Waals surface area contributed by atoms with Gasteiger partial charge in [-0.1, -0.05) is 0 Å². The molecule has 1 aromatic heterocycles. The first-order chi connectivity index (χ1) is 7.56. The summed E-state index contributed by atoms with van der Waals surface area (Å²) in [4.78, 5) is 10.9. The third kappa shape index (κ3) is 3.04. The number of carboxylic acid groups (broad SMARTS) is 1. The molecular weight excluding hydrogens is 212 g/mol. The second-order valence-electron chi connectivity index (χ2n) is 3.51. The largest absolute Gasteiger partial charge is 0.478 e. The molecule has 0 bridgehead atoms. The zero-order valence-corrected chi connectivity index (χ0v) is 9.64. The van der Waals surface area contributed by atoms with Crippen molar-refractivity contribution in [2.24, 2.45) is 7.05 Å². The Balaban J connectivity index is 2.65. The van der Waals surface area contributed by atoms with E-state index in [9.17, 15) is 4.79 Å². The Kier molecular flexibility index (Phi) is 4.45. The van der Waals surface area contributed by atoms with Crippen LogP contribution in [-0.4, -0.2) is 40.7 Å². The second-order valence-corrected chi connectivity index (χ2v) is 3.51. The Hall–Kier alpha value is -1.40. The number of aromatic carboxylic acids is 1. The van der Waals surface area contributed by atoms with Crippen LogP contribution >= 0.6 is 0 Å². The number of hydrogen-bond acceptors (Lipinski definition) is 4. The van der Waals surface area contributed by atoms with Gasteiger partial charge in [0.25, 0.3) is 0 Å². The van der Waals surface area contributed by atoms with Gasteiger partial charge in [0.05, 0.1) is 31.2 Å². The molecule has 1 heterocycles. The van der Waals surface area contributed by atoms with Crippen molar-refractivity contribution in [1.29, 1.82) is 0 Å². The SMILES string of the molecule is COCC(C)OCc1c(C(=O)O)cnn1C. The van der Waals surface area contributed by atoms with Crippen LogP contribution in [-0.2, 0) is 23.1 Å². The highest BCUT2D eigenvalue weighted by Crippen LogP contribution is 2.10. The fourth-order valence-electron chi connectivity index (χ4n) is 1.32. The molecule has 0 aliphatic heterocycles. The summed E-state index contributed by atoms with van der Waals surface area (Å²) in [6.07, 6.45) is 1.24. The summed E-state index contributed by atoms with van der Waals surface area (Å²) in [6, 6.07) is 0. The van der Waals surface area contributed by atoms with Gasteiger partial charge in [0.1, 0.15) is 5.56 Å². The topological polar surface area (TPSA) is 73.6 Å². The first-order valence-electron chi connectivity index (χ1n) is 4.91. The lowest BCUT2D eigenvalue weighted by molar-refractivity contribution is -0.00283. The van der Waals surface area contributed by atoms with Gasteiger partial charge in [-0.2, -0.15) is 5.10 Å². The number of aromatic nitrogens is 2. The summed E-state index contributed by atoms with van der Waals surface area (Å²) in [5.41, 5.74) is 0.725. The number of methoxy groups -OCH3 is 1. The third-order valence-corrected chi connectivity index (χ3v) is 2.20. The summed E-state index contributed by atoms with van der Waals surface area (Å²) in [5.74, 6) is -0.994. The van der Waals surface area contributed by atoms with Gasteiger partial charge in [-0.15, -0.1) is 0 Å². The summed E-state index contributed by atoms with van der Waals surface area (Å²) < 4.78 is 11.9. The molecule has 6 nitrogen and oxygen atoms in total. The number of hydrogen-bond donors (Lipinski definition) is 1. The maximum Gasteiger partial charge on any atom is 0.339 e. The summed E-state index contributed by atoms with van der Waals surface area (Å²) >= 11 is 0. The van der Waals surface area contributed by atoms with E-state index >= 15 is 0 Å². The first kappa shape index (κ1) is 12.7. The van der Waals surface area contributed by atoms with Crippen LogP contribution in [0.4, 0.5) is 0 Å². The van der Waals surface area contributed by atoms with Gasteiger partial charge in [-0.25, -0.2) is 4.79 Å². The zero-order chi connectivity index (χ0) is 12.1. The molecule has 16 heavy (non-hydrogen) atoms. The molecule has 0 radical (unpaired) electrons. The summed E-state index contributed by atoms with van der Waals surface area (Å²) in [7, 11) is 3.28. The van der Waals surface area contributed by atoms with E-state index in [2.05, 4.69) is 5.10 Å². The Labute approximate surface area is 93.8 Å². The lowest BCUT2D eigenvalue weighted by Gasteiger charge is -2.12. The normalized spacial score (nSPS) is 12.7. The molecule has 0 aromatic carbocycles. The van der Waals surface area contributed by atoms with Crippen molar-refractivity contribution >= 4 is 5.97 Å². The van der Waals surface area contributed by atoms with Gasteiger partial charge in [0, 0.05) is 14.2 Å². The minimum Gasteiger partial charge on any atom is -0.478 e. The third-order valence-electron chi connectivity index (χ3n) is 2.20. The molecule has 0 aliphatic rings. The van der Waals surface area contributed by atoms with Crippen LogP contribution in [0.2, 0.25) is 0 Å². The van der Waals surface area contributed by atoms with E-state index in [0.717, 1.165) is 0 Å². The van der Waals surface area contributed by atoms with Crippen LogP contribution in [0.1, 0.15) is 23.0 Å². The van der Waals surface area contributed by atoms with E-state index in [-0.39, 0.29) is 18.3 Å². The van der Waals surface area contributed by atoms with Crippen molar-refractivity contribution in [3.63, 3.8) is 0 Å². The summed E-state index contributed by atoms with van der Waals surface area (Å²) in [6.45, 7) is 2.54. The molecule has 1 N–H and O–H groups in total. The van der Waals surface area contributed by atoms with Crippen LogP contribution in [0.25, 0.3) is 0 Å². The molecule has 0 aliphatic carbocycles. The molecule has 6 heteroatoms. The van der Waals surface area contributed by atoms with E-state index in [4.69, 9.17) is 14.6 Å². The molecule has 1 unspecified atom stereocenters. The van der Waals surface area contributed by atoms with E-state index in [0.29, 0.717) is 12.3 Å². The maximum absolute atomic E-state index is 10.9. The van der Waals surface area contributed by atoms with Crippen LogP contribution in [0, 0.1) is 0 Å². The minimum atomic E-state index is -0.994. The Bertz CT molecular complexity index is 362. The molecule has 0 fully saturated rings. The van der Waals surface area contributed by atoms with Gasteiger partial charge in [-0.3, -0.25) is 4.68 Å². The van der Waals surface area contributed by atoms with Crippen LogP contribution in [0.3, 0.4) is 0 Å². The standard InChI is InChI=1S/C10H16N2O4/c1-7(5-15-3)16-6-9-8(10(13)14)4-11-12(9)2/h4,7H,5-6H2,1-3H3,(H,13,14). The zero-order valence-electron chi connectivity index (χ0n) is 9.64. The van der Waals surface area contributed by atoms with Crippen molar-refractivity contribution in [3.8, 4) is 0 Å². The molecule has 1 atom stereocenters. The van der Waals surface area contributed by atoms with Gasteiger partial charge < -0.3 is 14.6 Å². The molecule has 0 spiro atoms. The number of ether oxygens (including phenoxy) is 2. The van der Waals surface area contributed by atoms with Crippen molar-refractivity contribution in [1.82, 2.24) is 9.78 Å². The molecule has 90 valence electrons. The molecule has 1 aromatic rings. The quantitative estimate of drug-likeness (QED) is 0.774. The van der Waals surface area contributed by atoms with Crippen LogP contribution in [0.5, 0.6) is 0 Å². The fourth-order valence-corrected chi connectivity index (χ4v) is 1.32. The van der Waals surface area contributed by atoms with Crippen molar-refractivity contribution in [3.05, 3.63) is 17.5 Å². The lowest BCUT2D eigenvalue weighted by atomic mass is 10.2. The number of rotatable bonds is 6. The second kappa shape index (κ2) is 5.62. The highest BCUT2D eigenvalue weighted by atomic mass is 16.5. The molecule has 0 saturated heterocycles. The van der Waals surface area contributed by atoms with E-state index in [1.807, 2.05) is 6.92 Å². The van der Waals surface area contributed by atoms with E-state index < -0.39 is 5.97 Å². The van der Waals surface area contributed by atoms with Gasteiger partial charge >= 0.3 is 5.97 Å². The van der Waals surface area contributed by atoms with E-state index in [1.54, 1.807) is 14.2 Å². The smallest absolute Gasteiger partial charge is 0.339 e. The lowest BCUT2D eigenvalue weighted by Crippen LogP contribution is -2.16. The molecule has 0 saturated carbocycles. The van der Waals surface area contributed by atoms with Gasteiger partial charge in [0.2, 0.25) is 0 Å². The maximum atomic E-state index is 10.9. The van der Waals surface area contributed by atoms with Crippen molar-refractivity contribution in [2.45, 2.75) is 19.6 Å². The first-order valence-corrected chi connectivity index (χ1v) is 4.91. The van der Waals surface area contributed by atoms with Gasteiger partial charge in [0.15, 0.2) is 0 Å². The van der Waals surface area contributed by atoms with Crippen molar-refractivity contribution < 1.29 is 19.4 Å². The highest BCUT2D eigenvalue weighted by molar-refractivity contribution is 5.88. The predicted molar refractivity (Wildman–Crippen MR) is 56.3 cm³/mol. The van der Waals surface area contributed by atoms with Gasteiger partial charge in [-0.05, 0) is 6.92 Å². The molecule has 1 rings (SSSR count). The Morgan fingerprint density at radius 2 is 2.38 bits per heavy atom. The minimum absolute atomic E-state index is 0.0819. The molecular formula is C10H16N2O4.